The summed E-state index contributed by atoms with van der Waals surface area (Å²) in [5.41, 5.74) is 0. The summed E-state index contributed by atoms with van der Waals surface area (Å²) in [6.07, 6.45) is 2.73. The molecule has 1 unspecified atom stereocenters. The molecule has 4 heterocycles. The minimum atomic E-state index is 0.209. The predicted octanol–water partition coefficient (Wildman–Crippen LogP) is 0.811. The normalized spacial score (nSPS) is 19.6. The van der Waals surface area contributed by atoms with Crippen molar-refractivity contribution < 1.29 is 14.2 Å². The van der Waals surface area contributed by atoms with Gasteiger partial charge in [-0.25, -0.2) is 4.98 Å². The summed E-state index contributed by atoms with van der Waals surface area (Å²) in [5, 5.41) is 3.44. The summed E-state index contributed by atoms with van der Waals surface area (Å²) in [5.74, 6) is 3.14. The van der Waals surface area contributed by atoms with Crippen molar-refractivity contribution in [2.24, 2.45) is 0 Å². The van der Waals surface area contributed by atoms with E-state index in [-0.39, 0.29) is 6.04 Å². The van der Waals surface area contributed by atoms with Crippen LogP contribution < -0.4 is 24.6 Å². The van der Waals surface area contributed by atoms with Gasteiger partial charge < -0.3 is 29.3 Å². The SMILES string of the molecule is COc1cc(OC)nc(N2CCC(Nc3nccc(N4CCOCC4)n3)C2)n1. The van der Waals surface area contributed by atoms with Crippen LogP contribution in [0.25, 0.3) is 0 Å². The summed E-state index contributed by atoms with van der Waals surface area (Å²) >= 11 is 0. The molecule has 28 heavy (non-hydrogen) atoms. The Labute approximate surface area is 163 Å². The molecule has 0 saturated carbocycles. The first-order chi connectivity index (χ1) is 13.7. The number of ether oxygens (including phenoxy) is 3. The molecular formula is C18H25N7O3. The lowest BCUT2D eigenvalue weighted by atomic mass is 10.3. The Kier molecular flexibility index (Phi) is 5.56. The standard InChI is InChI=1S/C18H25N7O3/c1-26-15-11-16(27-2)23-18(22-15)25-6-4-13(12-25)20-17-19-5-3-14(21-17)24-7-9-28-10-8-24/h3,5,11,13H,4,6-10,12H2,1-2H3,(H,19,20,21). The molecule has 2 saturated heterocycles. The summed E-state index contributed by atoms with van der Waals surface area (Å²) in [6.45, 7) is 4.74. The molecule has 10 heteroatoms. The number of rotatable bonds is 6. The van der Waals surface area contributed by atoms with Crippen molar-refractivity contribution >= 4 is 17.7 Å². The minimum absolute atomic E-state index is 0.209. The molecule has 1 N–H and O–H groups in total. The van der Waals surface area contributed by atoms with Crippen molar-refractivity contribution in [2.45, 2.75) is 12.5 Å². The number of nitrogens with zero attached hydrogens (tertiary/aromatic N) is 6. The monoisotopic (exact) mass is 387 g/mol. The van der Waals surface area contributed by atoms with Crippen molar-refractivity contribution in [3.8, 4) is 11.8 Å². The predicted molar refractivity (Wildman–Crippen MR) is 104 cm³/mol. The highest BCUT2D eigenvalue weighted by atomic mass is 16.5. The second kappa shape index (κ2) is 8.42. The van der Waals surface area contributed by atoms with E-state index in [4.69, 9.17) is 14.2 Å². The quantitative estimate of drug-likeness (QED) is 0.767. The Balaban J connectivity index is 1.41. The Morgan fingerprint density at radius 1 is 1.04 bits per heavy atom. The summed E-state index contributed by atoms with van der Waals surface area (Å²) < 4.78 is 15.9. The largest absolute Gasteiger partial charge is 0.481 e. The highest BCUT2D eigenvalue weighted by molar-refractivity contribution is 5.44. The van der Waals surface area contributed by atoms with E-state index in [0.717, 1.165) is 51.6 Å². The van der Waals surface area contributed by atoms with Crippen LogP contribution >= 0.6 is 0 Å². The van der Waals surface area contributed by atoms with Crippen LogP contribution in [-0.4, -0.2) is 79.6 Å². The van der Waals surface area contributed by atoms with Crippen LogP contribution in [0.5, 0.6) is 11.8 Å². The zero-order valence-corrected chi connectivity index (χ0v) is 16.2. The molecule has 2 aliphatic rings. The topological polar surface area (TPSA) is 97.8 Å². The van der Waals surface area contributed by atoms with Gasteiger partial charge in [-0.1, -0.05) is 0 Å². The van der Waals surface area contributed by atoms with Gasteiger partial charge in [0.05, 0.1) is 33.5 Å². The number of nitrogens with one attached hydrogen (secondary N) is 1. The number of hydrogen-bond acceptors (Lipinski definition) is 10. The van der Waals surface area contributed by atoms with Gasteiger partial charge in [0.2, 0.25) is 23.7 Å². The van der Waals surface area contributed by atoms with Crippen LogP contribution in [-0.2, 0) is 4.74 Å². The molecule has 150 valence electrons. The van der Waals surface area contributed by atoms with Crippen molar-refractivity contribution in [3.05, 3.63) is 18.3 Å². The molecule has 10 nitrogen and oxygen atoms in total. The average Bonchev–Trinajstić information content (AvgIpc) is 3.22. The Morgan fingerprint density at radius 2 is 1.79 bits per heavy atom. The number of aromatic nitrogens is 4. The van der Waals surface area contributed by atoms with Gasteiger partial charge in [-0.3, -0.25) is 0 Å². The first-order valence-corrected chi connectivity index (χ1v) is 9.39. The van der Waals surface area contributed by atoms with Gasteiger partial charge in [-0.15, -0.1) is 0 Å². The van der Waals surface area contributed by atoms with Crippen molar-refractivity contribution in [1.29, 1.82) is 0 Å². The van der Waals surface area contributed by atoms with E-state index >= 15 is 0 Å². The highest BCUT2D eigenvalue weighted by Crippen LogP contribution is 2.24. The van der Waals surface area contributed by atoms with Gasteiger partial charge in [0.15, 0.2) is 0 Å². The van der Waals surface area contributed by atoms with Crippen LogP contribution in [0.1, 0.15) is 6.42 Å². The molecule has 2 fully saturated rings. The third-order valence-corrected chi connectivity index (χ3v) is 4.87. The lowest BCUT2D eigenvalue weighted by Gasteiger charge is -2.28. The third kappa shape index (κ3) is 4.16. The number of morpholine rings is 1. The maximum Gasteiger partial charge on any atom is 0.232 e. The lowest BCUT2D eigenvalue weighted by molar-refractivity contribution is 0.122. The Hall–Kier alpha value is -2.88. The first kappa shape index (κ1) is 18.5. The molecule has 0 amide bonds. The van der Waals surface area contributed by atoms with Gasteiger partial charge in [-0.05, 0) is 12.5 Å². The van der Waals surface area contributed by atoms with E-state index < -0.39 is 0 Å². The van der Waals surface area contributed by atoms with Crippen molar-refractivity contribution in [3.63, 3.8) is 0 Å². The highest BCUT2D eigenvalue weighted by Gasteiger charge is 2.26. The fourth-order valence-corrected chi connectivity index (χ4v) is 3.37. The summed E-state index contributed by atoms with van der Waals surface area (Å²) in [6, 6.07) is 3.81. The van der Waals surface area contributed by atoms with Crippen LogP contribution in [0.3, 0.4) is 0 Å². The van der Waals surface area contributed by atoms with Crippen LogP contribution in [0, 0.1) is 0 Å². The van der Waals surface area contributed by atoms with Crippen LogP contribution in [0.15, 0.2) is 18.3 Å². The molecule has 0 aromatic carbocycles. The Bertz CT molecular complexity index is 778. The molecule has 1 atom stereocenters. The van der Waals surface area contributed by atoms with E-state index in [1.807, 2.05) is 6.07 Å². The molecule has 4 rings (SSSR count). The molecular weight excluding hydrogens is 362 g/mol. The van der Waals surface area contributed by atoms with Gasteiger partial charge in [0, 0.05) is 38.4 Å². The molecule has 0 bridgehead atoms. The smallest absolute Gasteiger partial charge is 0.232 e. The Morgan fingerprint density at radius 3 is 2.50 bits per heavy atom. The average molecular weight is 387 g/mol. The minimum Gasteiger partial charge on any atom is -0.481 e. The molecule has 2 aromatic rings. The van der Waals surface area contributed by atoms with Crippen molar-refractivity contribution in [1.82, 2.24) is 19.9 Å². The van der Waals surface area contributed by atoms with E-state index in [9.17, 15) is 0 Å². The second-order valence-corrected chi connectivity index (χ2v) is 6.67. The molecule has 0 spiro atoms. The third-order valence-electron chi connectivity index (χ3n) is 4.87. The van der Waals surface area contributed by atoms with E-state index in [0.29, 0.717) is 23.7 Å². The van der Waals surface area contributed by atoms with E-state index in [1.165, 1.54) is 0 Å². The van der Waals surface area contributed by atoms with Crippen molar-refractivity contribution in [2.75, 3.05) is 68.7 Å². The summed E-state index contributed by atoms with van der Waals surface area (Å²) in [7, 11) is 3.16. The van der Waals surface area contributed by atoms with Gasteiger partial charge in [0.1, 0.15) is 5.82 Å². The van der Waals surface area contributed by atoms with Crippen LogP contribution in [0.4, 0.5) is 17.7 Å². The fraction of sp³-hybridized carbons (Fsp3) is 0.556. The maximum atomic E-state index is 5.41. The molecule has 2 aliphatic heterocycles. The van der Waals surface area contributed by atoms with E-state index in [2.05, 4.69) is 35.1 Å². The summed E-state index contributed by atoms with van der Waals surface area (Å²) in [4.78, 5) is 22.2. The van der Waals surface area contributed by atoms with Crippen LogP contribution in [0.2, 0.25) is 0 Å². The number of methoxy groups -OCH3 is 2. The first-order valence-electron chi connectivity index (χ1n) is 9.39. The van der Waals surface area contributed by atoms with Gasteiger partial charge in [0.25, 0.3) is 0 Å². The second-order valence-electron chi connectivity index (χ2n) is 6.67. The van der Waals surface area contributed by atoms with Gasteiger partial charge in [-0.2, -0.15) is 15.0 Å². The van der Waals surface area contributed by atoms with E-state index in [1.54, 1.807) is 26.5 Å². The lowest BCUT2D eigenvalue weighted by Crippen LogP contribution is -2.37. The van der Waals surface area contributed by atoms with Gasteiger partial charge >= 0.3 is 0 Å². The number of hydrogen-bond donors (Lipinski definition) is 1. The molecule has 0 aliphatic carbocycles. The molecule has 2 aromatic heterocycles. The zero-order chi connectivity index (χ0) is 19.3. The fourth-order valence-electron chi connectivity index (χ4n) is 3.37. The number of anilines is 3. The molecule has 0 radical (unpaired) electrons. The zero-order valence-electron chi connectivity index (χ0n) is 16.2. The maximum absolute atomic E-state index is 5.41.